The molecule has 1 amide bonds. The topological polar surface area (TPSA) is 58.4 Å². The minimum atomic E-state index is -0.153. The number of carbonyl (C=O) groups excluding carboxylic acids is 1. The second-order valence-corrected chi connectivity index (χ2v) is 6.79. The Bertz CT molecular complexity index is 726. The van der Waals surface area contributed by atoms with E-state index in [1.807, 2.05) is 18.2 Å². The van der Waals surface area contributed by atoms with Crippen molar-refractivity contribution in [3.63, 3.8) is 0 Å². The minimum Gasteiger partial charge on any atom is -0.399 e. The molecule has 1 aliphatic heterocycles. The first kappa shape index (κ1) is 16.5. The summed E-state index contributed by atoms with van der Waals surface area (Å²) in [5.41, 5.74) is 9.93. The second-order valence-electron chi connectivity index (χ2n) is 6.79. The first-order chi connectivity index (χ1) is 11.5. The number of hydrogen-bond donors (Lipinski definition) is 2. The Morgan fingerprint density at radius 1 is 1.12 bits per heavy atom. The van der Waals surface area contributed by atoms with Crippen LogP contribution in [0.3, 0.4) is 0 Å². The average Bonchev–Trinajstić information content (AvgIpc) is 2.54. The van der Waals surface area contributed by atoms with Gasteiger partial charge in [-0.3, -0.25) is 9.69 Å². The third kappa shape index (κ3) is 3.60. The number of carbonyl (C=O) groups is 1. The summed E-state index contributed by atoms with van der Waals surface area (Å²) >= 11 is 0. The average molecular weight is 323 g/mol. The van der Waals surface area contributed by atoms with Gasteiger partial charge in [0.05, 0.1) is 6.04 Å². The van der Waals surface area contributed by atoms with Gasteiger partial charge >= 0.3 is 0 Å². The molecular formula is C20H25N3O. The number of amides is 1. The minimum absolute atomic E-state index is 0.0370. The Hall–Kier alpha value is -2.33. The summed E-state index contributed by atoms with van der Waals surface area (Å²) in [7, 11) is 0. The van der Waals surface area contributed by atoms with Crippen LogP contribution >= 0.6 is 0 Å². The highest BCUT2D eigenvalue weighted by molar-refractivity contribution is 5.95. The monoisotopic (exact) mass is 323 g/mol. The maximum Gasteiger partial charge on any atom is 0.242 e. The number of nitrogens with two attached hydrogens (primary N) is 1. The van der Waals surface area contributed by atoms with Crippen LogP contribution in [0, 0.1) is 5.92 Å². The van der Waals surface area contributed by atoms with Gasteiger partial charge in [0, 0.05) is 24.5 Å². The Balaban J connectivity index is 1.76. The van der Waals surface area contributed by atoms with Crippen molar-refractivity contribution >= 4 is 17.3 Å². The highest BCUT2D eigenvalue weighted by atomic mass is 16.2. The van der Waals surface area contributed by atoms with Gasteiger partial charge in [-0.15, -0.1) is 0 Å². The van der Waals surface area contributed by atoms with Crippen LogP contribution in [0.25, 0.3) is 0 Å². The normalized spacial score (nSPS) is 15.8. The number of anilines is 2. The summed E-state index contributed by atoms with van der Waals surface area (Å²) < 4.78 is 0. The van der Waals surface area contributed by atoms with Crippen LogP contribution in [0.2, 0.25) is 0 Å². The quantitative estimate of drug-likeness (QED) is 0.849. The van der Waals surface area contributed by atoms with Crippen molar-refractivity contribution < 1.29 is 4.79 Å². The van der Waals surface area contributed by atoms with E-state index in [9.17, 15) is 4.79 Å². The van der Waals surface area contributed by atoms with Crippen molar-refractivity contribution in [3.05, 3.63) is 59.7 Å². The summed E-state index contributed by atoms with van der Waals surface area (Å²) in [6.07, 6.45) is 0.991. The summed E-state index contributed by atoms with van der Waals surface area (Å²) in [6.45, 7) is 5.93. The second kappa shape index (κ2) is 7.05. The van der Waals surface area contributed by atoms with Crippen LogP contribution < -0.4 is 11.1 Å². The first-order valence-corrected chi connectivity index (χ1v) is 8.52. The predicted molar refractivity (Wildman–Crippen MR) is 98.7 cm³/mol. The van der Waals surface area contributed by atoms with Gasteiger partial charge in [-0.25, -0.2) is 0 Å². The fourth-order valence-corrected chi connectivity index (χ4v) is 3.48. The van der Waals surface area contributed by atoms with Crippen molar-refractivity contribution in [2.75, 3.05) is 17.6 Å². The standard InChI is InChI=1S/C20H25N3O/c1-14(2)19(20(24)22-18-9-5-8-17(21)12-18)23-11-10-15-6-3-4-7-16(15)13-23/h3-9,12,14,19H,10-11,13,21H2,1-2H3,(H,22,24). The molecule has 1 unspecified atom stereocenters. The zero-order valence-electron chi connectivity index (χ0n) is 14.3. The molecule has 0 fully saturated rings. The van der Waals surface area contributed by atoms with Crippen molar-refractivity contribution in [2.24, 2.45) is 5.92 Å². The number of nitrogens with zero attached hydrogens (tertiary/aromatic N) is 1. The number of hydrogen-bond acceptors (Lipinski definition) is 3. The molecule has 4 heteroatoms. The molecule has 3 rings (SSSR count). The zero-order valence-corrected chi connectivity index (χ0v) is 14.3. The van der Waals surface area contributed by atoms with Crippen molar-refractivity contribution in [1.29, 1.82) is 0 Å². The van der Waals surface area contributed by atoms with Crippen LogP contribution in [-0.4, -0.2) is 23.4 Å². The lowest BCUT2D eigenvalue weighted by Gasteiger charge is -2.36. The summed E-state index contributed by atoms with van der Waals surface area (Å²) in [4.78, 5) is 15.2. The van der Waals surface area contributed by atoms with Crippen LogP contribution in [0.1, 0.15) is 25.0 Å². The van der Waals surface area contributed by atoms with Gasteiger partial charge in [-0.2, -0.15) is 0 Å². The molecule has 0 saturated carbocycles. The molecular weight excluding hydrogens is 298 g/mol. The molecule has 0 spiro atoms. The molecule has 0 radical (unpaired) electrons. The van der Waals surface area contributed by atoms with E-state index in [0.717, 1.165) is 25.2 Å². The van der Waals surface area contributed by atoms with Crippen molar-refractivity contribution in [2.45, 2.75) is 32.9 Å². The highest BCUT2D eigenvalue weighted by Gasteiger charge is 2.31. The van der Waals surface area contributed by atoms with Gasteiger partial charge in [0.15, 0.2) is 0 Å². The van der Waals surface area contributed by atoms with Crippen LogP contribution in [0.5, 0.6) is 0 Å². The van der Waals surface area contributed by atoms with Gasteiger partial charge in [0.1, 0.15) is 0 Å². The Labute approximate surface area is 143 Å². The molecule has 126 valence electrons. The van der Waals surface area contributed by atoms with Gasteiger partial charge in [0.25, 0.3) is 0 Å². The fourth-order valence-electron chi connectivity index (χ4n) is 3.48. The molecule has 0 bridgehead atoms. The van der Waals surface area contributed by atoms with Gasteiger partial charge in [-0.05, 0) is 41.7 Å². The third-order valence-electron chi connectivity index (χ3n) is 4.61. The molecule has 0 aromatic heterocycles. The lowest BCUT2D eigenvalue weighted by molar-refractivity contribution is -0.123. The molecule has 2 aromatic carbocycles. The number of fused-ring (bicyclic) bond motifs is 1. The number of rotatable bonds is 4. The van der Waals surface area contributed by atoms with Gasteiger partial charge in [0.2, 0.25) is 5.91 Å². The summed E-state index contributed by atoms with van der Waals surface area (Å²) in [5.74, 6) is 0.270. The Morgan fingerprint density at radius 2 is 1.88 bits per heavy atom. The van der Waals surface area contributed by atoms with Crippen molar-refractivity contribution in [1.82, 2.24) is 4.90 Å². The van der Waals surface area contributed by atoms with E-state index in [1.54, 1.807) is 6.07 Å². The van der Waals surface area contributed by atoms with E-state index in [0.29, 0.717) is 5.69 Å². The number of nitrogen functional groups attached to an aromatic ring is 1. The van der Waals surface area contributed by atoms with E-state index in [-0.39, 0.29) is 17.9 Å². The summed E-state index contributed by atoms with van der Waals surface area (Å²) in [6, 6.07) is 15.7. The molecule has 2 aromatic rings. The molecule has 1 heterocycles. The van der Waals surface area contributed by atoms with Crippen LogP contribution in [0.4, 0.5) is 11.4 Å². The van der Waals surface area contributed by atoms with E-state index in [1.165, 1.54) is 11.1 Å². The fraction of sp³-hybridized carbons (Fsp3) is 0.350. The van der Waals surface area contributed by atoms with E-state index < -0.39 is 0 Å². The van der Waals surface area contributed by atoms with Gasteiger partial charge in [-0.1, -0.05) is 44.2 Å². The van der Waals surface area contributed by atoms with E-state index >= 15 is 0 Å². The molecule has 1 atom stereocenters. The molecule has 0 saturated heterocycles. The third-order valence-corrected chi connectivity index (χ3v) is 4.61. The zero-order chi connectivity index (χ0) is 17.1. The lowest BCUT2D eigenvalue weighted by Crippen LogP contribution is -2.49. The smallest absolute Gasteiger partial charge is 0.242 e. The first-order valence-electron chi connectivity index (χ1n) is 8.52. The maximum atomic E-state index is 12.9. The summed E-state index contributed by atoms with van der Waals surface area (Å²) in [5, 5.41) is 3.02. The Kier molecular flexibility index (Phi) is 4.86. The Morgan fingerprint density at radius 3 is 2.58 bits per heavy atom. The molecule has 4 nitrogen and oxygen atoms in total. The SMILES string of the molecule is CC(C)C(C(=O)Nc1cccc(N)c1)N1CCc2ccccc2C1. The largest absolute Gasteiger partial charge is 0.399 e. The number of benzene rings is 2. The predicted octanol–water partition coefficient (Wildman–Crippen LogP) is 3.29. The van der Waals surface area contributed by atoms with E-state index in [4.69, 9.17) is 5.73 Å². The van der Waals surface area contributed by atoms with Gasteiger partial charge < -0.3 is 11.1 Å². The van der Waals surface area contributed by atoms with Crippen molar-refractivity contribution in [3.8, 4) is 0 Å². The number of nitrogens with one attached hydrogen (secondary N) is 1. The van der Waals surface area contributed by atoms with Crippen LogP contribution in [-0.2, 0) is 17.8 Å². The molecule has 3 N–H and O–H groups in total. The van der Waals surface area contributed by atoms with Crippen LogP contribution in [0.15, 0.2) is 48.5 Å². The highest BCUT2D eigenvalue weighted by Crippen LogP contribution is 2.24. The molecule has 1 aliphatic rings. The lowest BCUT2D eigenvalue weighted by atomic mass is 9.94. The molecule has 0 aliphatic carbocycles. The van der Waals surface area contributed by atoms with E-state index in [2.05, 4.69) is 48.3 Å². The molecule has 24 heavy (non-hydrogen) atoms. The maximum absolute atomic E-state index is 12.9.